The molecule has 1 unspecified atom stereocenters. The van der Waals surface area contributed by atoms with Gasteiger partial charge in [0.05, 0.1) is 6.04 Å². The Bertz CT molecular complexity index is 730. The largest absolute Gasteiger partial charge is 0.280 e. The van der Waals surface area contributed by atoms with Gasteiger partial charge in [-0.15, -0.1) is 0 Å². The standard InChI is InChI=1S/C20H19N/c1-4-16-7-5-6-8-19(16)20-12-18(13-21-20)17-10-14(2)9-15(3)11-17/h4-13,20H,1H2,2-3H3. The maximum Gasteiger partial charge on any atom is 0.0945 e. The number of allylic oxidation sites excluding steroid dienone is 1. The highest BCUT2D eigenvalue weighted by Crippen LogP contribution is 2.31. The van der Waals surface area contributed by atoms with Crippen LogP contribution < -0.4 is 0 Å². The summed E-state index contributed by atoms with van der Waals surface area (Å²) in [6.45, 7) is 8.16. The van der Waals surface area contributed by atoms with Gasteiger partial charge in [0.15, 0.2) is 0 Å². The number of hydrogen-bond acceptors (Lipinski definition) is 1. The lowest BCUT2D eigenvalue weighted by atomic mass is 9.97. The molecule has 21 heavy (non-hydrogen) atoms. The van der Waals surface area contributed by atoms with E-state index in [1.807, 2.05) is 18.4 Å². The van der Waals surface area contributed by atoms with Crippen LogP contribution in [0.25, 0.3) is 11.6 Å². The summed E-state index contributed by atoms with van der Waals surface area (Å²) in [7, 11) is 0. The van der Waals surface area contributed by atoms with Crippen molar-refractivity contribution in [3.63, 3.8) is 0 Å². The van der Waals surface area contributed by atoms with Crippen molar-refractivity contribution in [2.45, 2.75) is 19.9 Å². The zero-order valence-corrected chi connectivity index (χ0v) is 12.5. The third-order valence-corrected chi connectivity index (χ3v) is 3.80. The van der Waals surface area contributed by atoms with Crippen LogP contribution in [-0.2, 0) is 0 Å². The fourth-order valence-electron chi connectivity index (χ4n) is 2.87. The molecule has 1 aliphatic rings. The van der Waals surface area contributed by atoms with Crippen LogP contribution in [0.4, 0.5) is 0 Å². The Morgan fingerprint density at radius 3 is 2.48 bits per heavy atom. The molecule has 1 aliphatic heterocycles. The van der Waals surface area contributed by atoms with E-state index in [0.717, 1.165) is 5.56 Å². The van der Waals surface area contributed by atoms with Gasteiger partial charge < -0.3 is 0 Å². The average molecular weight is 273 g/mol. The lowest BCUT2D eigenvalue weighted by molar-refractivity contribution is 0.933. The van der Waals surface area contributed by atoms with Crippen molar-refractivity contribution in [1.82, 2.24) is 0 Å². The van der Waals surface area contributed by atoms with Crippen LogP contribution in [0.1, 0.15) is 33.9 Å². The molecular formula is C20H19N. The quantitative estimate of drug-likeness (QED) is 0.733. The molecule has 0 amide bonds. The number of aryl methyl sites for hydroxylation is 2. The molecule has 1 heteroatoms. The van der Waals surface area contributed by atoms with Gasteiger partial charge in [0.1, 0.15) is 0 Å². The highest BCUT2D eigenvalue weighted by molar-refractivity contribution is 6.12. The van der Waals surface area contributed by atoms with Gasteiger partial charge in [-0.1, -0.05) is 66.2 Å². The lowest BCUT2D eigenvalue weighted by Gasteiger charge is -2.09. The number of rotatable bonds is 3. The summed E-state index contributed by atoms with van der Waals surface area (Å²) in [6.07, 6.45) is 6.11. The molecule has 3 rings (SSSR count). The third kappa shape index (κ3) is 2.73. The summed E-state index contributed by atoms with van der Waals surface area (Å²) in [5, 5.41) is 0. The molecule has 0 fully saturated rings. The van der Waals surface area contributed by atoms with E-state index >= 15 is 0 Å². The number of aliphatic imine (C=N–C) groups is 1. The van der Waals surface area contributed by atoms with E-state index in [9.17, 15) is 0 Å². The highest BCUT2D eigenvalue weighted by Gasteiger charge is 2.16. The van der Waals surface area contributed by atoms with E-state index in [0.29, 0.717) is 0 Å². The SMILES string of the molecule is C=Cc1ccccc1C1C=C(c2cc(C)cc(C)c2)C=N1. The van der Waals surface area contributed by atoms with Crippen LogP contribution in [0.15, 0.2) is 60.1 Å². The van der Waals surface area contributed by atoms with E-state index < -0.39 is 0 Å². The van der Waals surface area contributed by atoms with Crippen LogP contribution in [0.5, 0.6) is 0 Å². The van der Waals surface area contributed by atoms with E-state index in [-0.39, 0.29) is 6.04 Å². The Hall–Kier alpha value is -2.41. The molecule has 0 N–H and O–H groups in total. The molecule has 0 bridgehead atoms. The molecule has 0 aromatic heterocycles. The summed E-state index contributed by atoms with van der Waals surface area (Å²) in [5.74, 6) is 0. The Morgan fingerprint density at radius 1 is 1.05 bits per heavy atom. The van der Waals surface area contributed by atoms with Gasteiger partial charge in [-0.2, -0.15) is 0 Å². The molecular weight excluding hydrogens is 254 g/mol. The highest BCUT2D eigenvalue weighted by atomic mass is 14.8. The van der Waals surface area contributed by atoms with Crippen LogP contribution in [0, 0.1) is 13.8 Å². The maximum absolute atomic E-state index is 4.67. The average Bonchev–Trinajstić information content (AvgIpc) is 2.96. The Morgan fingerprint density at radius 2 is 1.76 bits per heavy atom. The minimum absolute atomic E-state index is 0.0926. The molecule has 1 nitrogen and oxygen atoms in total. The summed E-state index contributed by atoms with van der Waals surface area (Å²) >= 11 is 0. The van der Waals surface area contributed by atoms with Crippen molar-refractivity contribution in [1.29, 1.82) is 0 Å². The van der Waals surface area contributed by atoms with Gasteiger partial charge in [0.2, 0.25) is 0 Å². The molecule has 0 spiro atoms. The predicted molar refractivity (Wildman–Crippen MR) is 91.7 cm³/mol. The second-order valence-electron chi connectivity index (χ2n) is 5.55. The maximum atomic E-state index is 4.67. The first-order valence-corrected chi connectivity index (χ1v) is 7.22. The van der Waals surface area contributed by atoms with E-state index in [2.05, 4.69) is 67.9 Å². The van der Waals surface area contributed by atoms with Gasteiger partial charge in [0, 0.05) is 6.21 Å². The molecule has 1 atom stereocenters. The molecule has 0 radical (unpaired) electrons. The van der Waals surface area contributed by atoms with E-state index in [1.54, 1.807) is 0 Å². The van der Waals surface area contributed by atoms with Crippen molar-refractivity contribution in [2.24, 2.45) is 4.99 Å². The molecule has 0 aliphatic carbocycles. The summed E-state index contributed by atoms with van der Waals surface area (Å²) in [6, 6.07) is 15.0. The zero-order chi connectivity index (χ0) is 14.8. The Labute approximate surface area is 126 Å². The number of hydrogen-bond donors (Lipinski definition) is 0. The van der Waals surface area contributed by atoms with Gasteiger partial charge in [0.25, 0.3) is 0 Å². The van der Waals surface area contributed by atoms with Crippen molar-refractivity contribution in [3.05, 3.63) is 82.9 Å². The van der Waals surface area contributed by atoms with Crippen LogP contribution >= 0.6 is 0 Å². The third-order valence-electron chi connectivity index (χ3n) is 3.80. The van der Waals surface area contributed by atoms with Crippen LogP contribution in [0.2, 0.25) is 0 Å². The number of benzene rings is 2. The monoisotopic (exact) mass is 273 g/mol. The first-order chi connectivity index (χ1) is 10.2. The Balaban J connectivity index is 1.98. The molecule has 0 saturated carbocycles. The molecule has 2 aromatic carbocycles. The van der Waals surface area contributed by atoms with Gasteiger partial charge in [-0.3, -0.25) is 4.99 Å². The van der Waals surface area contributed by atoms with Crippen molar-refractivity contribution >= 4 is 17.9 Å². The molecule has 104 valence electrons. The van der Waals surface area contributed by atoms with Gasteiger partial charge >= 0.3 is 0 Å². The minimum Gasteiger partial charge on any atom is -0.280 e. The molecule has 1 heterocycles. The fourth-order valence-corrected chi connectivity index (χ4v) is 2.87. The van der Waals surface area contributed by atoms with E-state index in [1.165, 1.54) is 27.8 Å². The second-order valence-corrected chi connectivity index (χ2v) is 5.55. The van der Waals surface area contributed by atoms with Crippen LogP contribution in [-0.4, -0.2) is 6.21 Å². The molecule has 0 saturated heterocycles. The first kappa shape index (κ1) is 13.6. The fraction of sp³-hybridized carbons (Fsp3) is 0.150. The number of nitrogens with zero attached hydrogens (tertiary/aromatic N) is 1. The minimum atomic E-state index is 0.0926. The lowest BCUT2D eigenvalue weighted by Crippen LogP contribution is -1.92. The summed E-state index contributed by atoms with van der Waals surface area (Å²) in [4.78, 5) is 4.67. The zero-order valence-electron chi connectivity index (χ0n) is 12.5. The van der Waals surface area contributed by atoms with Gasteiger partial charge in [-0.25, -0.2) is 0 Å². The van der Waals surface area contributed by atoms with Crippen LogP contribution in [0.3, 0.4) is 0 Å². The second kappa shape index (κ2) is 5.53. The predicted octanol–water partition coefficient (Wildman–Crippen LogP) is 5.16. The van der Waals surface area contributed by atoms with Crippen molar-refractivity contribution in [2.75, 3.05) is 0 Å². The summed E-state index contributed by atoms with van der Waals surface area (Å²) < 4.78 is 0. The topological polar surface area (TPSA) is 12.4 Å². The van der Waals surface area contributed by atoms with Crippen molar-refractivity contribution in [3.8, 4) is 0 Å². The Kier molecular flexibility index (Phi) is 3.57. The smallest absolute Gasteiger partial charge is 0.0945 e. The van der Waals surface area contributed by atoms with Gasteiger partial charge in [-0.05, 0) is 42.2 Å². The van der Waals surface area contributed by atoms with E-state index in [4.69, 9.17) is 0 Å². The summed E-state index contributed by atoms with van der Waals surface area (Å²) in [5.41, 5.74) is 7.38. The normalized spacial score (nSPS) is 16.9. The molecule has 2 aromatic rings. The van der Waals surface area contributed by atoms with Crippen molar-refractivity contribution < 1.29 is 0 Å². The first-order valence-electron chi connectivity index (χ1n) is 7.22.